The van der Waals surface area contributed by atoms with Crippen LogP contribution >= 0.6 is 0 Å². The van der Waals surface area contributed by atoms with Gasteiger partial charge in [-0.05, 0) is 193 Å². The average molecular weight is 969 g/mol. The molecule has 358 valence electrons. The van der Waals surface area contributed by atoms with E-state index in [9.17, 15) is 0 Å². The summed E-state index contributed by atoms with van der Waals surface area (Å²) in [5, 5.41) is 8.39. The van der Waals surface area contributed by atoms with Crippen molar-refractivity contribution in [2.75, 3.05) is 9.80 Å². The lowest BCUT2D eigenvalue weighted by Crippen LogP contribution is -2.60. The highest BCUT2D eigenvalue weighted by molar-refractivity contribution is 7.02. The van der Waals surface area contributed by atoms with Gasteiger partial charge in [0, 0.05) is 34.1 Å². The van der Waals surface area contributed by atoms with Crippen molar-refractivity contribution >= 4 is 113 Å². The second-order valence-electron chi connectivity index (χ2n) is 23.9. The smallest absolute Gasteiger partial charge is 0.248 e. The van der Waals surface area contributed by atoms with Gasteiger partial charge in [0.15, 0.2) is 0 Å². The molecule has 0 atom stereocenters. The van der Waals surface area contributed by atoms with E-state index >= 15 is 0 Å². The van der Waals surface area contributed by atoms with Crippen LogP contribution in [0.5, 0.6) is 0 Å². The third kappa shape index (κ3) is 5.96. The molecule has 0 saturated heterocycles. The predicted octanol–water partition coefficient (Wildman–Crippen LogP) is 15.1. The second kappa shape index (κ2) is 15.5. The SMILES string of the molecule is CC(C)(C)c1cc2c3c(cc4c(C(C)(C)C)cc5c6c(cc1c3c46)B1c3ccccc3N(c3ccccc3)c3cc(-c4ccccc4)cc-5c31)B1c3ccccc3N(c3ccccc3)c3cc(-c4ccccc4)cc-2c31. The van der Waals surface area contributed by atoms with Gasteiger partial charge in [-0.3, -0.25) is 0 Å². The Labute approximate surface area is 446 Å². The van der Waals surface area contributed by atoms with Crippen molar-refractivity contribution in [3.05, 3.63) is 230 Å². The Kier molecular flexibility index (Phi) is 8.93. The van der Waals surface area contributed by atoms with Crippen LogP contribution in [0.25, 0.3) is 76.8 Å². The molecule has 4 heterocycles. The molecule has 4 aliphatic heterocycles. The van der Waals surface area contributed by atoms with Gasteiger partial charge in [-0.25, -0.2) is 0 Å². The molecule has 2 nitrogen and oxygen atoms in total. The molecule has 0 radical (unpaired) electrons. The second-order valence-corrected chi connectivity index (χ2v) is 23.9. The van der Waals surface area contributed by atoms with Gasteiger partial charge >= 0.3 is 0 Å². The summed E-state index contributed by atoms with van der Waals surface area (Å²) in [4.78, 5) is 5.09. The van der Waals surface area contributed by atoms with Crippen LogP contribution < -0.4 is 42.6 Å². The Morgan fingerprint density at radius 3 is 1.03 bits per heavy atom. The van der Waals surface area contributed by atoms with Crippen LogP contribution in [0, 0.1) is 0 Å². The van der Waals surface area contributed by atoms with Gasteiger partial charge in [0.25, 0.3) is 0 Å². The maximum absolute atomic E-state index is 2.69. The zero-order valence-electron chi connectivity index (χ0n) is 43.8. The Morgan fingerprint density at radius 2 is 0.645 bits per heavy atom. The molecule has 0 fully saturated rings. The molecule has 0 N–H and O–H groups in total. The summed E-state index contributed by atoms with van der Waals surface area (Å²) in [7, 11) is 0. The molecule has 4 heteroatoms. The molecule has 0 aliphatic carbocycles. The van der Waals surface area contributed by atoms with Crippen molar-refractivity contribution in [2.45, 2.75) is 52.4 Å². The van der Waals surface area contributed by atoms with Crippen molar-refractivity contribution in [1.82, 2.24) is 0 Å². The third-order valence-corrected chi connectivity index (χ3v) is 17.6. The van der Waals surface area contributed by atoms with Crippen LogP contribution in [0.3, 0.4) is 0 Å². The molecule has 76 heavy (non-hydrogen) atoms. The average Bonchev–Trinajstić information content (AvgIpc) is 3.45. The van der Waals surface area contributed by atoms with Crippen LogP contribution in [0.15, 0.2) is 218 Å². The zero-order valence-corrected chi connectivity index (χ0v) is 43.8. The van der Waals surface area contributed by atoms with Crippen molar-refractivity contribution < 1.29 is 0 Å². The number of nitrogens with zero attached hydrogens (tertiary/aromatic N) is 2. The quantitative estimate of drug-likeness (QED) is 0.128. The minimum Gasteiger partial charge on any atom is -0.311 e. The van der Waals surface area contributed by atoms with Crippen LogP contribution in [-0.2, 0) is 10.8 Å². The molecule has 0 bridgehead atoms. The molecular weight excluding hydrogens is 914 g/mol. The number of fused-ring (bicyclic) bond motifs is 8. The molecule has 0 spiro atoms. The molecule has 12 aromatic rings. The zero-order chi connectivity index (χ0) is 50.9. The number of anilines is 6. The fourth-order valence-corrected chi connectivity index (χ4v) is 14.5. The van der Waals surface area contributed by atoms with Gasteiger partial charge in [0.2, 0.25) is 13.4 Å². The first kappa shape index (κ1) is 43.8. The van der Waals surface area contributed by atoms with Crippen LogP contribution in [0.1, 0.15) is 52.7 Å². The van der Waals surface area contributed by atoms with Crippen LogP contribution in [0.4, 0.5) is 34.1 Å². The van der Waals surface area contributed by atoms with Gasteiger partial charge in [0.05, 0.1) is 0 Å². The lowest BCUT2D eigenvalue weighted by Gasteiger charge is -2.43. The maximum Gasteiger partial charge on any atom is 0.248 e. The van der Waals surface area contributed by atoms with E-state index in [-0.39, 0.29) is 24.3 Å². The van der Waals surface area contributed by atoms with Crippen molar-refractivity contribution in [3.63, 3.8) is 0 Å². The Balaban J connectivity index is 1.11. The summed E-state index contributed by atoms with van der Waals surface area (Å²) in [6.07, 6.45) is 0. The summed E-state index contributed by atoms with van der Waals surface area (Å²) in [6, 6.07) is 83.4. The van der Waals surface area contributed by atoms with E-state index in [0.717, 1.165) is 0 Å². The topological polar surface area (TPSA) is 6.48 Å². The number of hydrogen-bond donors (Lipinski definition) is 0. The highest BCUT2D eigenvalue weighted by Gasteiger charge is 2.46. The molecule has 0 amide bonds. The summed E-state index contributed by atoms with van der Waals surface area (Å²) in [6.45, 7) is 14.6. The number of benzene rings is 12. The summed E-state index contributed by atoms with van der Waals surface area (Å²) >= 11 is 0. The molecular formula is C72H54B2N2. The van der Waals surface area contributed by atoms with Gasteiger partial charge < -0.3 is 9.80 Å². The highest BCUT2D eigenvalue weighted by Crippen LogP contribution is 2.53. The fraction of sp³-hybridized carbons (Fsp3) is 0.111. The Bertz CT molecular complexity index is 4130. The largest absolute Gasteiger partial charge is 0.311 e. The van der Waals surface area contributed by atoms with E-state index in [1.165, 1.54) is 155 Å². The Hall–Kier alpha value is -8.59. The minimum atomic E-state index is -0.186. The van der Waals surface area contributed by atoms with Gasteiger partial charge in [0.1, 0.15) is 0 Å². The van der Waals surface area contributed by atoms with Gasteiger partial charge in [-0.1, -0.05) is 198 Å². The first-order chi connectivity index (χ1) is 37.0. The monoisotopic (exact) mass is 968 g/mol. The van der Waals surface area contributed by atoms with E-state index in [1.807, 2.05) is 0 Å². The predicted molar refractivity (Wildman–Crippen MR) is 328 cm³/mol. The number of rotatable bonds is 4. The lowest BCUT2D eigenvalue weighted by atomic mass is 9.31. The van der Waals surface area contributed by atoms with E-state index in [0.29, 0.717) is 0 Å². The van der Waals surface area contributed by atoms with E-state index in [1.54, 1.807) is 0 Å². The van der Waals surface area contributed by atoms with Gasteiger partial charge in [-0.2, -0.15) is 0 Å². The molecule has 0 unspecified atom stereocenters. The van der Waals surface area contributed by atoms with E-state index in [4.69, 9.17) is 0 Å². The Morgan fingerprint density at radius 1 is 0.289 bits per heavy atom. The maximum atomic E-state index is 2.69. The first-order valence-corrected chi connectivity index (χ1v) is 27.2. The normalized spacial score (nSPS) is 13.8. The van der Waals surface area contributed by atoms with Crippen molar-refractivity contribution in [2.24, 2.45) is 0 Å². The standard InChI is InChI=1S/C72H54B2N2/c1-71(2,3)55-39-49-51-35-45(43-23-11-7-12-24-43)37-63-69(51)74(58-32-20-22-34-62(58)75(63)47-27-15-9-16-28-47)60-42-54-56(72(4,5)6)40-50-52-36-46(44-25-13-8-14-26-44)38-64-70(52)73(59-41-53(55)67(65(49)60)68(54)66(50)59)57-31-19-21-33-61(57)76(64)48-29-17-10-18-30-48/h7-42H,1-6H3. The molecule has 12 aromatic carbocycles. The van der Waals surface area contributed by atoms with Crippen LogP contribution in [0.2, 0.25) is 0 Å². The molecule has 0 aromatic heterocycles. The lowest BCUT2D eigenvalue weighted by molar-refractivity contribution is 0.595. The number of hydrogen-bond acceptors (Lipinski definition) is 2. The summed E-state index contributed by atoms with van der Waals surface area (Å²) in [5.74, 6) is 0. The third-order valence-electron chi connectivity index (χ3n) is 17.6. The fourth-order valence-electron chi connectivity index (χ4n) is 14.5. The van der Waals surface area contributed by atoms with Crippen molar-refractivity contribution in [3.8, 4) is 44.5 Å². The van der Waals surface area contributed by atoms with E-state index in [2.05, 4.69) is 270 Å². The summed E-state index contributed by atoms with van der Waals surface area (Å²) in [5.41, 5.74) is 28.3. The minimum absolute atomic E-state index is 0.0105. The van der Waals surface area contributed by atoms with Crippen molar-refractivity contribution in [1.29, 1.82) is 0 Å². The molecule has 16 rings (SSSR count). The molecule has 0 saturated carbocycles. The number of para-hydroxylation sites is 4. The van der Waals surface area contributed by atoms with E-state index < -0.39 is 0 Å². The summed E-state index contributed by atoms with van der Waals surface area (Å²) < 4.78 is 0. The van der Waals surface area contributed by atoms with Crippen LogP contribution in [-0.4, -0.2) is 13.4 Å². The first-order valence-electron chi connectivity index (χ1n) is 27.2. The highest BCUT2D eigenvalue weighted by atomic mass is 15.2. The van der Waals surface area contributed by atoms with Gasteiger partial charge in [-0.15, -0.1) is 0 Å². The molecule has 4 aliphatic rings.